The number of aromatic amines is 1. The Bertz CT molecular complexity index is 1280. The molecule has 1 saturated heterocycles. The zero-order chi connectivity index (χ0) is 23.1. The zero-order valence-electron chi connectivity index (χ0n) is 18.9. The number of amides is 1. The lowest BCUT2D eigenvalue weighted by molar-refractivity contribution is -0.110. The van der Waals surface area contributed by atoms with E-state index >= 15 is 0 Å². The fourth-order valence-corrected chi connectivity index (χ4v) is 5.64. The third-order valence-electron chi connectivity index (χ3n) is 6.46. The number of nitrogens with zero attached hydrogens (tertiary/aromatic N) is 1. The van der Waals surface area contributed by atoms with Crippen molar-refractivity contribution in [2.75, 3.05) is 25.5 Å². The first-order valence-corrected chi connectivity index (χ1v) is 12.0. The average Bonchev–Trinajstić information content (AvgIpc) is 3.51. The Morgan fingerprint density at radius 2 is 2.03 bits per heavy atom. The van der Waals surface area contributed by atoms with E-state index in [1.54, 1.807) is 17.4 Å². The average molecular weight is 463 g/mol. The molecule has 0 atom stereocenters. The summed E-state index contributed by atoms with van der Waals surface area (Å²) < 4.78 is 4.90. The SMILES string of the molecule is COC(=O)c1c(C)[nH]c(C=C2C(=O)Nc3ccc(-c4csc(C5CCNCC5)n4)cc32)c1C. The van der Waals surface area contributed by atoms with Crippen LogP contribution >= 0.6 is 11.3 Å². The maximum Gasteiger partial charge on any atom is 0.339 e. The minimum absolute atomic E-state index is 0.165. The number of methoxy groups -OCH3 is 1. The topological polar surface area (TPSA) is 96.1 Å². The Balaban J connectivity index is 1.50. The van der Waals surface area contributed by atoms with E-state index in [9.17, 15) is 9.59 Å². The second kappa shape index (κ2) is 8.61. The van der Waals surface area contributed by atoms with Gasteiger partial charge < -0.3 is 20.4 Å². The van der Waals surface area contributed by atoms with Gasteiger partial charge >= 0.3 is 5.97 Å². The second-order valence-electron chi connectivity index (χ2n) is 8.52. The molecule has 3 N–H and O–H groups in total. The number of esters is 1. The Kier molecular flexibility index (Phi) is 5.64. The van der Waals surface area contributed by atoms with Crippen LogP contribution in [0.15, 0.2) is 23.6 Å². The summed E-state index contributed by atoms with van der Waals surface area (Å²) in [4.78, 5) is 33.1. The number of thiazole rings is 1. The number of hydrogen-bond acceptors (Lipinski definition) is 6. The van der Waals surface area contributed by atoms with E-state index in [1.165, 1.54) is 12.1 Å². The summed E-state index contributed by atoms with van der Waals surface area (Å²) in [5.41, 5.74) is 6.79. The molecule has 0 aliphatic carbocycles. The number of carbonyl (C=O) groups is 2. The van der Waals surface area contributed by atoms with E-state index in [-0.39, 0.29) is 5.91 Å². The number of anilines is 1. The molecular weight excluding hydrogens is 436 g/mol. The van der Waals surface area contributed by atoms with Gasteiger partial charge in [0.05, 0.1) is 28.9 Å². The quantitative estimate of drug-likeness (QED) is 0.392. The molecule has 0 radical (unpaired) electrons. The molecule has 1 amide bonds. The van der Waals surface area contributed by atoms with Gasteiger partial charge in [-0.1, -0.05) is 6.07 Å². The lowest BCUT2D eigenvalue weighted by atomic mass is 9.99. The summed E-state index contributed by atoms with van der Waals surface area (Å²) in [6.45, 7) is 5.75. The van der Waals surface area contributed by atoms with Gasteiger partial charge in [-0.05, 0) is 63.6 Å². The molecule has 2 aliphatic rings. The molecule has 170 valence electrons. The van der Waals surface area contributed by atoms with Crippen molar-refractivity contribution in [1.82, 2.24) is 15.3 Å². The highest BCUT2D eigenvalue weighted by molar-refractivity contribution is 7.10. The van der Waals surface area contributed by atoms with Crippen molar-refractivity contribution in [2.45, 2.75) is 32.6 Å². The van der Waals surface area contributed by atoms with Gasteiger partial charge in [0.2, 0.25) is 0 Å². The van der Waals surface area contributed by atoms with Crippen LogP contribution < -0.4 is 10.6 Å². The van der Waals surface area contributed by atoms with Gasteiger partial charge in [-0.25, -0.2) is 9.78 Å². The van der Waals surface area contributed by atoms with Crippen LogP contribution in [0.3, 0.4) is 0 Å². The number of benzene rings is 1. The van der Waals surface area contributed by atoms with Crippen molar-refractivity contribution in [3.63, 3.8) is 0 Å². The van der Waals surface area contributed by atoms with E-state index in [1.807, 2.05) is 32.0 Å². The highest BCUT2D eigenvalue weighted by Gasteiger charge is 2.27. The summed E-state index contributed by atoms with van der Waals surface area (Å²) >= 11 is 1.71. The Hall–Kier alpha value is -3.23. The molecule has 0 saturated carbocycles. The zero-order valence-corrected chi connectivity index (χ0v) is 19.7. The van der Waals surface area contributed by atoms with Crippen molar-refractivity contribution >= 4 is 40.5 Å². The molecule has 3 aromatic rings. The third-order valence-corrected chi connectivity index (χ3v) is 7.47. The van der Waals surface area contributed by atoms with Gasteiger partial charge in [0.25, 0.3) is 5.91 Å². The Morgan fingerprint density at radius 3 is 2.79 bits per heavy atom. The lowest BCUT2D eigenvalue weighted by Crippen LogP contribution is -2.26. The molecule has 2 aromatic heterocycles. The number of carbonyl (C=O) groups excluding carboxylic acids is 2. The molecule has 0 unspecified atom stereocenters. The highest BCUT2D eigenvalue weighted by atomic mass is 32.1. The predicted octanol–water partition coefficient (Wildman–Crippen LogP) is 4.50. The molecule has 1 aromatic carbocycles. The number of aryl methyl sites for hydroxylation is 1. The number of rotatable bonds is 4. The second-order valence-corrected chi connectivity index (χ2v) is 9.41. The lowest BCUT2D eigenvalue weighted by Gasteiger charge is -2.20. The third kappa shape index (κ3) is 3.89. The van der Waals surface area contributed by atoms with Gasteiger partial charge in [-0.3, -0.25) is 4.79 Å². The molecule has 4 heterocycles. The highest BCUT2D eigenvalue weighted by Crippen LogP contribution is 2.38. The maximum atomic E-state index is 12.8. The molecule has 7 nitrogen and oxygen atoms in total. The summed E-state index contributed by atoms with van der Waals surface area (Å²) in [7, 11) is 1.36. The first-order valence-electron chi connectivity index (χ1n) is 11.1. The summed E-state index contributed by atoms with van der Waals surface area (Å²) in [5.74, 6) is -0.0409. The van der Waals surface area contributed by atoms with Crippen molar-refractivity contribution in [2.24, 2.45) is 0 Å². The minimum Gasteiger partial charge on any atom is -0.465 e. The first kappa shape index (κ1) is 21.6. The van der Waals surface area contributed by atoms with Crippen LogP contribution in [-0.2, 0) is 9.53 Å². The van der Waals surface area contributed by atoms with Crippen LogP contribution in [0.5, 0.6) is 0 Å². The van der Waals surface area contributed by atoms with Crippen LogP contribution in [0, 0.1) is 13.8 Å². The number of nitrogens with one attached hydrogen (secondary N) is 3. The van der Waals surface area contributed by atoms with Gasteiger partial charge in [0.15, 0.2) is 0 Å². The minimum atomic E-state index is -0.391. The van der Waals surface area contributed by atoms with Gasteiger partial charge in [0, 0.05) is 39.5 Å². The normalized spacial score (nSPS) is 17.3. The number of ether oxygens (including phenoxy) is 1. The predicted molar refractivity (Wildman–Crippen MR) is 131 cm³/mol. The maximum absolute atomic E-state index is 12.8. The number of H-pyrrole nitrogens is 1. The number of aromatic nitrogens is 2. The Labute approximate surface area is 196 Å². The largest absolute Gasteiger partial charge is 0.465 e. The monoisotopic (exact) mass is 462 g/mol. The van der Waals surface area contributed by atoms with Crippen LogP contribution in [0.1, 0.15) is 56.6 Å². The standard InChI is InChI=1S/C25H26N4O3S/c1-13-20(27-14(2)22(13)25(31)32-3)11-18-17-10-16(4-5-19(17)28-23(18)30)21-12-33-24(29-21)15-6-8-26-9-7-15/h4-5,10-12,15,26-27H,6-9H2,1-3H3,(H,28,30). The number of fused-ring (bicyclic) bond motifs is 1. The summed E-state index contributed by atoms with van der Waals surface area (Å²) in [6.07, 6.45) is 4.04. The molecule has 8 heteroatoms. The van der Waals surface area contributed by atoms with Crippen LogP contribution in [-0.4, -0.2) is 42.0 Å². The van der Waals surface area contributed by atoms with E-state index in [0.717, 1.165) is 59.7 Å². The molecule has 0 bridgehead atoms. The van der Waals surface area contributed by atoms with E-state index in [4.69, 9.17) is 9.72 Å². The van der Waals surface area contributed by atoms with Gasteiger partial charge in [-0.15, -0.1) is 11.3 Å². The van der Waals surface area contributed by atoms with Crippen molar-refractivity contribution < 1.29 is 14.3 Å². The van der Waals surface area contributed by atoms with E-state index in [2.05, 4.69) is 21.0 Å². The number of hydrogen-bond donors (Lipinski definition) is 3. The van der Waals surface area contributed by atoms with Gasteiger partial charge in [0.1, 0.15) is 0 Å². The fourth-order valence-electron chi connectivity index (χ4n) is 4.64. The van der Waals surface area contributed by atoms with E-state index in [0.29, 0.717) is 22.7 Å². The fraction of sp³-hybridized carbons (Fsp3) is 0.320. The molecule has 33 heavy (non-hydrogen) atoms. The Morgan fingerprint density at radius 1 is 1.24 bits per heavy atom. The van der Waals surface area contributed by atoms with E-state index < -0.39 is 5.97 Å². The smallest absolute Gasteiger partial charge is 0.339 e. The van der Waals surface area contributed by atoms with Crippen LogP contribution in [0.25, 0.3) is 22.9 Å². The van der Waals surface area contributed by atoms with Crippen molar-refractivity contribution in [1.29, 1.82) is 0 Å². The molecular formula is C25H26N4O3S. The first-order chi connectivity index (χ1) is 16.0. The van der Waals surface area contributed by atoms with Crippen LogP contribution in [0.2, 0.25) is 0 Å². The summed E-state index contributed by atoms with van der Waals surface area (Å²) in [6, 6.07) is 5.95. The molecule has 2 aliphatic heterocycles. The van der Waals surface area contributed by atoms with Crippen LogP contribution in [0.4, 0.5) is 5.69 Å². The molecule has 5 rings (SSSR count). The number of piperidine rings is 1. The van der Waals surface area contributed by atoms with Crippen molar-refractivity contribution in [3.8, 4) is 11.3 Å². The molecule has 0 spiro atoms. The van der Waals surface area contributed by atoms with Crippen molar-refractivity contribution in [3.05, 3.63) is 56.7 Å². The van der Waals surface area contributed by atoms with Gasteiger partial charge in [-0.2, -0.15) is 0 Å². The molecule has 1 fully saturated rings. The summed E-state index contributed by atoms with van der Waals surface area (Å²) in [5, 5.41) is 9.63.